The minimum atomic E-state index is -1.08. The third kappa shape index (κ3) is 6.95. The standard InChI is InChI=1S/C39H36O9/c1-25(2)36(40)46-23-21-44-29-17-15-28(16-18-29)39(27-11-7-6-8-12-27)20-19-32-33(38(42)43-5)35(45-22-24-47-37(41)26(3)4)31-14-10-9-13-30(31)34(32)48-39/h6-20H,1,3,21-24H2,2,4-5H3. The van der Waals surface area contributed by atoms with Crippen molar-refractivity contribution >= 4 is 34.8 Å². The van der Waals surface area contributed by atoms with Crippen molar-refractivity contribution in [2.45, 2.75) is 19.4 Å². The summed E-state index contributed by atoms with van der Waals surface area (Å²) in [5.41, 5.74) is 1.85. The van der Waals surface area contributed by atoms with E-state index in [1.54, 1.807) is 13.8 Å². The Hall–Kier alpha value is -5.83. The number of fused-ring (bicyclic) bond motifs is 3. The van der Waals surface area contributed by atoms with Crippen molar-refractivity contribution < 1.29 is 42.8 Å². The zero-order chi connectivity index (χ0) is 34.3. The van der Waals surface area contributed by atoms with Gasteiger partial charge in [-0.1, -0.05) is 79.9 Å². The highest BCUT2D eigenvalue weighted by Crippen LogP contribution is 2.49. The summed E-state index contributed by atoms with van der Waals surface area (Å²) < 4.78 is 34.5. The summed E-state index contributed by atoms with van der Waals surface area (Å²) in [6.07, 6.45) is 3.75. The minimum Gasteiger partial charge on any atom is -0.490 e. The van der Waals surface area contributed by atoms with Gasteiger partial charge in [0.05, 0.1) is 7.11 Å². The molecule has 0 spiro atoms. The molecule has 48 heavy (non-hydrogen) atoms. The summed E-state index contributed by atoms with van der Waals surface area (Å²) in [5.74, 6) is -0.258. The maximum Gasteiger partial charge on any atom is 0.342 e. The van der Waals surface area contributed by atoms with Crippen molar-refractivity contribution in [1.29, 1.82) is 0 Å². The van der Waals surface area contributed by atoms with E-state index >= 15 is 0 Å². The molecule has 1 atom stereocenters. The summed E-state index contributed by atoms with van der Waals surface area (Å²) in [6.45, 7) is 10.5. The Morgan fingerprint density at radius 2 is 1.27 bits per heavy atom. The average molecular weight is 649 g/mol. The van der Waals surface area contributed by atoms with Crippen LogP contribution in [0.4, 0.5) is 0 Å². The predicted molar refractivity (Wildman–Crippen MR) is 181 cm³/mol. The maximum absolute atomic E-state index is 13.4. The van der Waals surface area contributed by atoms with E-state index < -0.39 is 23.5 Å². The summed E-state index contributed by atoms with van der Waals surface area (Å²) in [7, 11) is 1.30. The van der Waals surface area contributed by atoms with E-state index in [1.807, 2.05) is 91.0 Å². The highest BCUT2D eigenvalue weighted by atomic mass is 16.6. The smallest absolute Gasteiger partial charge is 0.342 e. The molecule has 0 radical (unpaired) electrons. The van der Waals surface area contributed by atoms with E-state index in [-0.39, 0.29) is 37.6 Å². The van der Waals surface area contributed by atoms with Gasteiger partial charge < -0.3 is 28.4 Å². The van der Waals surface area contributed by atoms with Crippen LogP contribution >= 0.6 is 0 Å². The average Bonchev–Trinajstić information content (AvgIpc) is 3.11. The van der Waals surface area contributed by atoms with E-state index in [0.29, 0.717) is 39.2 Å². The quantitative estimate of drug-likeness (QED) is 0.0658. The highest BCUT2D eigenvalue weighted by molar-refractivity contribution is 6.08. The number of esters is 3. The monoisotopic (exact) mass is 648 g/mol. The summed E-state index contributed by atoms with van der Waals surface area (Å²) in [5, 5.41) is 1.33. The molecule has 0 amide bonds. The van der Waals surface area contributed by atoms with Gasteiger partial charge in [-0.15, -0.1) is 0 Å². The summed E-state index contributed by atoms with van der Waals surface area (Å²) >= 11 is 0. The Kier molecular flexibility index (Phi) is 10.3. The first-order valence-corrected chi connectivity index (χ1v) is 15.3. The lowest BCUT2D eigenvalue weighted by molar-refractivity contribution is -0.140. The van der Waals surface area contributed by atoms with Crippen LogP contribution in [0.5, 0.6) is 17.2 Å². The van der Waals surface area contributed by atoms with Crippen LogP contribution in [-0.2, 0) is 29.4 Å². The second-order valence-electron chi connectivity index (χ2n) is 11.1. The van der Waals surface area contributed by atoms with Crippen LogP contribution in [0.25, 0.3) is 16.8 Å². The maximum atomic E-state index is 13.4. The normalized spacial score (nSPS) is 14.6. The molecule has 0 N–H and O–H groups in total. The van der Waals surface area contributed by atoms with Gasteiger partial charge in [0.25, 0.3) is 0 Å². The van der Waals surface area contributed by atoms with E-state index in [0.717, 1.165) is 11.1 Å². The molecule has 0 fully saturated rings. The van der Waals surface area contributed by atoms with Crippen LogP contribution in [0.3, 0.4) is 0 Å². The Morgan fingerprint density at radius 1 is 0.708 bits per heavy atom. The van der Waals surface area contributed by atoms with Crippen molar-refractivity contribution in [2.24, 2.45) is 0 Å². The molecule has 1 aliphatic rings. The lowest BCUT2D eigenvalue weighted by Gasteiger charge is -2.37. The van der Waals surface area contributed by atoms with Crippen LogP contribution in [-0.4, -0.2) is 51.4 Å². The third-order valence-electron chi connectivity index (χ3n) is 7.63. The van der Waals surface area contributed by atoms with E-state index in [9.17, 15) is 14.4 Å². The molecule has 0 aromatic heterocycles. The number of rotatable bonds is 13. The number of benzene rings is 4. The summed E-state index contributed by atoms with van der Waals surface area (Å²) in [6, 6.07) is 24.7. The molecule has 4 aromatic carbocycles. The molecular formula is C39H36O9. The Morgan fingerprint density at radius 3 is 1.88 bits per heavy atom. The van der Waals surface area contributed by atoms with Gasteiger partial charge in [-0.25, -0.2) is 14.4 Å². The van der Waals surface area contributed by atoms with Gasteiger partial charge in [0.1, 0.15) is 49.2 Å². The van der Waals surface area contributed by atoms with E-state index in [2.05, 4.69) is 13.2 Å². The lowest BCUT2D eigenvalue weighted by atomic mass is 9.82. The van der Waals surface area contributed by atoms with Gasteiger partial charge in [0.15, 0.2) is 5.60 Å². The van der Waals surface area contributed by atoms with Crippen LogP contribution < -0.4 is 14.2 Å². The molecule has 5 rings (SSSR count). The second-order valence-corrected chi connectivity index (χ2v) is 11.1. The molecule has 1 heterocycles. The zero-order valence-electron chi connectivity index (χ0n) is 27.1. The molecule has 0 saturated heterocycles. The van der Waals surface area contributed by atoms with Crippen LogP contribution in [0, 0.1) is 0 Å². The Bertz CT molecular complexity index is 1890. The van der Waals surface area contributed by atoms with Gasteiger partial charge in [-0.2, -0.15) is 0 Å². The van der Waals surface area contributed by atoms with E-state index in [4.69, 9.17) is 28.4 Å². The van der Waals surface area contributed by atoms with Gasteiger partial charge in [-0.3, -0.25) is 0 Å². The van der Waals surface area contributed by atoms with Crippen molar-refractivity contribution in [3.8, 4) is 17.2 Å². The number of carbonyl (C=O) groups is 3. The summed E-state index contributed by atoms with van der Waals surface area (Å²) in [4.78, 5) is 36.9. The lowest BCUT2D eigenvalue weighted by Crippen LogP contribution is -2.34. The first kappa shape index (κ1) is 33.5. The topological polar surface area (TPSA) is 107 Å². The first-order valence-electron chi connectivity index (χ1n) is 15.3. The Labute approximate surface area is 279 Å². The number of hydrogen-bond acceptors (Lipinski definition) is 9. The number of hydrogen-bond donors (Lipinski definition) is 0. The van der Waals surface area contributed by atoms with E-state index in [1.165, 1.54) is 7.11 Å². The molecule has 0 saturated carbocycles. The van der Waals surface area contributed by atoms with Crippen LogP contribution in [0.15, 0.2) is 109 Å². The molecule has 0 bridgehead atoms. The second kappa shape index (κ2) is 14.7. The predicted octanol–water partition coefficient (Wildman–Crippen LogP) is 6.97. The molecule has 9 nitrogen and oxygen atoms in total. The Balaban J connectivity index is 1.53. The molecule has 1 unspecified atom stereocenters. The number of methoxy groups -OCH3 is 1. The van der Waals surface area contributed by atoms with Gasteiger partial charge in [0, 0.05) is 38.6 Å². The minimum absolute atomic E-state index is 0.00489. The van der Waals surface area contributed by atoms with Crippen LogP contribution in [0.1, 0.15) is 40.9 Å². The molecule has 246 valence electrons. The first-order chi connectivity index (χ1) is 23.2. The molecule has 9 heteroatoms. The van der Waals surface area contributed by atoms with Crippen molar-refractivity contribution in [3.05, 3.63) is 131 Å². The highest BCUT2D eigenvalue weighted by Gasteiger charge is 2.40. The van der Waals surface area contributed by atoms with Crippen molar-refractivity contribution in [2.75, 3.05) is 33.5 Å². The molecular weight excluding hydrogens is 612 g/mol. The van der Waals surface area contributed by atoms with Gasteiger partial charge >= 0.3 is 17.9 Å². The number of ether oxygens (including phenoxy) is 6. The fourth-order valence-corrected chi connectivity index (χ4v) is 5.29. The van der Waals surface area contributed by atoms with Gasteiger partial charge in [0.2, 0.25) is 0 Å². The fourth-order valence-electron chi connectivity index (χ4n) is 5.29. The molecule has 4 aromatic rings. The van der Waals surface area contributed by atoms with Crippen molar-refractivity contribution in [3.63, 3.8) is 0 Å². The van der Waals surface area contributed by atoms with Gasteiger partial charge in [-0.05, 0) is 38.1 Å². The molecule has 1 aliphatic heterocycles. The largest absolute Gasteiger partial charge is 0.490 e. The molecule has 0 aliphatic carbocycles. The SMILES string of the molecule is C=C(C)C(=O)OCCOc1ccc(C2(c3ccccc3)C=Cc3c(C(=O)OC)c(OCCOC(=O)C(=C)C)c4ccccc4c3O2)cc1. The zero-order valence-corrected chi connectivity index (χ0v) is 27.1. The van der Waals surface area contributed by atoms with Crippen molar-refractivity contribution in [1.82, 2.24) is 0 Å². The van der Waals surface area contributed by atoms with Crippen LogP contribution in [0.2, 0.25) is 0 Å². The fraction of sp³-hybridized carbons (Fsp3) is 0.205. The number of carbonyl (C=O) groups excluding carboxylic acids is 3. The third-order valence-corrected chi connectivity index (χ3v) is 7.63.